The molecule has 1 saturated heterocycles. The normalized spacial score (nSPS) is 22.3. The first-order valence-electron chi connectivity index (χ1n) is 21.5. The molecule has 14 heteroatoms. The fourth-order valence-electron chi connectivity index (χ4n) is 6.54. The van der Waals surface area contributed by atoms with Crippen molar-refractivity contribution in [3.63, 3.8) is 0 Å². The number of nitrogens with one attached hydrogen (secondary N) is 1. The van der Waals surface area contributed by atoms with E-state index >= 15 is 0 Å². The van der Waals surface area contributed by atoms with Crippen molar-refractivity contribution in [2.75, 3.05) is 13.2 Å². The number of carbonyl (C=O) groups excluding carboxylic acids is 1. The highest BCUT2D eigenvalue weighted by Gasteiger charge is 2.48. The van der Waals surface area contributed by atoms with Gasteiger partial charge in [-0.1, -0.05) is 147 Å². The average Bonchev–Trinajstić information content (AvgIpc) is 3.16. The molecule has 0 aromatic rings. The van der Waals surface area contributed by atoms with Crippen LogP contribution in [0.15, 0.2) is 36.5 Å². The summed E-state index contributed by atoms with van der Waals surface area (Å²) in [5.74, 6) is -0.723. The van der Waals surface area contributed by atoms with Gasteiger partial charge in [0, 0.05) is 0 Å². The third-order valence-electron chi connectivity index (χ3n) is 9.98. The van der Waals surface area contributed by atoms with Crippen LogP contribution in [0.1, 0.15) is 162 Å². The highest BCUT2D eigenvalue weighted by molar-refractivity contribution is 7.80. The van der Waals surface area contributed by atoms with Crippen molar-refractivity contribution >= 4 is 16.3 Å². The first-order valence-corrected chi connectivity index (χ1v) is 22.8. The van der Waals surface area contributed by atoms with Crippen LogP contribution in [0.3, 0.4) is 0 Å². The van der Waals surface area contributed by atoms with Gasteiger partial charge in [0.2, 0.25) is 5.91 Å². The molecule has 1 rings (SSSR count). The van der Waals surface area contributed by atoms with Gasteiger partial charge >= 0.3 is 10.4 Å². The molecule has 0 aromatic carbocycles. The van der Waals surface area contributed by atoms with Crippen LogP contribution < -0.4 is 5.32 Å². The molecular formula is C42H77NO12S. The molecule has 0 spiro atoms. The summed E-state index contributed by atoms with van der Waals surface area (Å²) in [5, 5.41) is 54.8. The van der Waals surface area contributed by atoms with Crippen molar-refractivity contribution in [3.8, 4) is 0 Å². The molecule has 8 atom stereocenters. The molecular weight excluding hydrogens is 743 g/mol. The van der Waals surface area contributed by atoms with E-state index in [-0.39, 0.29) is 6.42 Å². The molecule has 7 N–H and O–H groups in total. The van der Waals surface area contributed by atoms with E-state index in [9.17, 15) is 38.7 Å². The van der Waals surface area contributed by atoms with Crippen LogP contribution in [0, 0.1) is 0 Å². The predicted octanol–water partition coefficient (Wildman–Crippen LogP) is 6.52. The molecule has 8 unspecified atom stereocenters. The quantitative estimate of drug-likeness (QED) is 0.0207. The van der Waals surface area contributed by atoms with Crippen molar-refractivity contribution in [1.29, 1.82) is 0 Å². The van der Waals surface area contributed by atoms with Crippen molar-refractivity contribution in [1.82, 2.24) is 5.32 Å². The number of aliphatic hydroxyl groups is 5. The summed E-state index contributed by atoms with van der Waals surface area (Å²) in [6.45, 7) is 3.05. The van der Waals surface area contributed by atoms with Crippen LogP contribution in [-0.2, 0) is 28.9 Å². The Morgan fingerprint density at radius 3 is 1.79 bits per heavy atom. The molecule has 56 heavy (non-hydrogen) atoms. The summed E-state index contributed by atoms with van der Waals surface area (Å²) < 4.78 is 47.2. The van der Waals surface area contributed by atoms with Gasteiger partial charge in [-0.15, -0.1) is 0 Å². The van der Waals surface area contributed by atoms with Gasteiger partial charge in [-0.25, -0.2) is 4.18 Å². The zero-order chi connectivity index (χ0) is 41.4. The van der Waals surface area contributed by atoms with Crippen molar-refractivity contribution in [2.45, 2.75) is 210 Å². The fourth-order valence-corrected chi connectivity index (χ4v) is 7.04. The highest BCUT2D eigenvalue weighted by atomic mass is 32.3. The largest absolute Gasteiger partial charge is 0.397 e. The van der Waals surface area contributed by atoms with Crippen molar-refractivity contribution < 1.29 is 57.0 Å². The summed E-state index contributed by atoms with van der Waals surface area (Å²) in [6.07, 6.45) is 25.7. The SMILES string of the molecule is CCC/C=C/CC/C=C/C(O)C(COC1OC(CO)C(O)C(OS(=O)(=O)O)C1O)NC(=O)C(O)CCCCCCCC/C=C\CCCCCCCCCCCC. The molecule has 1 aliphatic heterocycles. The number of rotatable bonds is 35. The maximum Gasteiger partial charge on any atom is 0.397 e. The van der Waals surface area contributed by atoms with Gasteiger partial charge in [0.25, 0.3) is 0 Å². The van der Waals surface area contributed by atoms with Crippen molar-refractivity contribution in [2.24, 2.45) is 0 Å². The van der Waals surface area contributed by atoms with E-state index in [1.165, 1.54) is 70.3 Å². The summed E-state index contributed by atoms with van der Waals surface area (Å²) in [4.78, 5) is 13.0. The predicted molar refractivity (Wildman–Crippen MR) is 219 cm³/mol. The van der Waals surface area contributed by atoms with Gasteiger partial charge in [0.15, 0.2) is 6.29 Å². The summed E-state index contributed by atoms with van der Waals surface area (Å²) in [6, 6.07) is -1.14. The van der Waals surface area contributed by atoms with Gasteiger partial charge in [-0.05, 0) is 51.4 Å². The Bertz CT molecular complexity index is 1170. The summed E-state index contributed by atoms with van der Waals surface area (Å²) in [7, 11) is -5.12. The topological polar surface area (TPSA) is 212 Å². The number of amides is 1. The minimum absolute atomic E-state index is 0.228. The van der Waals surface area contributed by atoms with Crippen LogP contribution in [0.5, 0.6) is 0 Å². The Balaban J connectivity index is 2.49. The number of hydrogen-bond acceptors (Lipinski definition) is 11. The first kappa shape index (κ1) is 52.3. The number of hydrogen-bond donors (Lipinski definition) is 7. The maximum absolute atomic E-state index is 13.0. The second kappa shape index (κ2) is 33.1. The summed E-state index contributed by atoms with van der Waals surface area (Å²) >= 11 is 0. The van der Waals surface area contributed by atoms with Crippen LogP contribution in [0.2, 0.25) is 0 Å². The Hall–Kier alpha value is -1.72. The monoisotopic (exact) mass is 820 g/mol. The Morgan fingerprint density at radius 2 is 1.23 bits per heavy atom. The first-order chi connectivity index (χ1) is 26.9. The van der Waals surface area contributed by atoms with E-state index in [1.807, 2.05) is 6.08 Å². The molecule has 1 fully saturated rings. The molecule has 13 nitrogen and oxygen atoms in total. The number of ether oxygens (including phenoxy) is 2. The lowest BCUT2D eigenvalue weighted by molar-refractivity contribution is -0.298. The number of carbonyl (C=O) groups is 1. The van der Waals surface area contributed by atoms with E-state index in [0.717, 1.165) is 64.2 Å². The van der Waals surface area contributed by atoms with E-state index in [4.69, 9.17) is 14.0 Å². The molecule has 0 radical (unpaired) electrons. The van der Waals surface area contributed by atoms with Crippen LogP contribution >= 0.6 is 0 Å². The van der Waals surface area contributed by atoms with E-state index < -0.39 is 78.5 Å². The molecule has 1 amide bonds. The Morgan fingerprint density at radius 1 is 0.714 bits per heavy atom. The number of unbranched alkanes of at least 4 members (excludes halogenated alkanes) is 18. The van der Waals surface area contributed by atoms with Crippen LogP contribution in [-0.4, -0.2) is 107 Å². The molecule has 1 aliphatic rings. The zero-order valence-electron chi connectivity index (χ0n) is 34.3. The zero-order valence-corrected chi connectivity index (χ0v) is 35.1. The standard InChI is InChI=1S/C42H77NO12S/c1-3-5-7-9-11-12-13-14-15-16-17-18-19-20-21-22-23-25-27-29-31-36(46)41(49)43-34(35(45)30-28-26-24-10-8-6-4-2)33-53-42-39(48)40(55-56(50,51)52)38(47)37(32-44)54-42/h8,10,18-19,28,30,34-40,42,44-48H,3-7,9,11-17,20-27,29,31-33H2,1-2H3,(H,43,49)(H,50,51,52)/b10-8+,19-18-,30-28+. The molecule has 0 aromatic heterocycles. The maximum atomic E-state index is 13.0. The highest BCUT2D eigenvalue weighted by Crippen LogP contribution is 2.26. The third-order valence-corrected chi connectivity index (χ3v) is 10.4. The molecule has 1 heterocycles. The number of aliphatic hydroxyl groups excluding tert-OH is 5. The summed E-state index contributed by atoms with van der Waals surface area (Å²) in [5.41, 5.74) is 0. The number of allylic oxidation sites excluding steroid dienone is 5. The second-order valence-corrected chi connectivity index (χ2v) is 16.1. The van der Waals surface area contributed by atoms with E-state index in [1.54, 1.807) is 6.08 Å². The third kappa shape index (κ3) is 25.6. The second-order valence-electron chi connectivity index (χ2n) is 15.1. The smallest absolute Gasteiger partial charge is 0.394 e. The minimum Gasteiger partial charge on any atom is -0.394 e. The molecule has 0 aliphatic carbocycles. The Labute approximate surface area is 337 Å². The van der Waals surface area contributed by atoms with Gasteiger partial charge in [-0.3, -0.25) is 9.35 Å². The Kier molecular flexibility index (Phi) is 31.0. The average molecular weight is 820 g/mol. The van der Waals surface area contributed by atoms with Gasteiger partial charge in [0.05, 0.1) is 25.4 Å². The van der Waals surface area contributed by atoms with Crippen LogP contribution in [0.25, 0.3) is 0 Å². The van der Waals surface area contributed by atoms with E-state index in [0.29, 0.717) is 12.8 Å². The van der Waals surface area contributed by atoms with Crippen molar-refractivity contribution in [3.05, 3.63) is 36.5 Å². The minimum atomic E-state index is -5.12. The molecule has 328 valence electrons. The van der Waals surface area contributed by atoms with E-state index in [2.05, 4.69) is 41.6 Å². The van der Waals surface area contributed by atoms with Crippen LogP contribution in [0.4, 0.5) is 0 Å². The lowest BCUT2D eigenvalue weighted by Crippen LogP contribution is -2.61. The lowest BCUT2D eigenvalue weighted by atomic mass is 9.99. The molecule has 0 bridgehead atoms. The van der Waals surface area contributed by atoms with Gasteiger partial charge in [0.1, 0.15) is 30.5 Å². The fraction of sp³-hybridized carbons (Fsp3) is 0.833. The molecule has 0 saturated carbocycles. The lowest BCUT2D eigenvalue weighted by Gasteiger charge is -2.41. The van der Waals surface area contributed by atoms with Gasteiger partial charge < -0.3 is 40.3 Å². The van der Waals surface area contributed by atoms with Gasteiger partial charge in [-0.2, -0.15) is 8.42 Å².